The van der Waals surface area contributed by atoms with E-state index in [1.165, 1.54) is 6.92 Å². The molecule has 1 aliphatic rings. The lowest BCUT2D eigenvalue weighted by molar-refractivity contribution is -0.140. The van der Waals surface area contributed by atoms with Crippen LogP contribution in [0.2, 0.25) is 0 Å². The quantitative estimate of drug-likeness (QED) is 0.795. The van der Waals surface area contributed by atoms with E-state index < -0.39 is 37.2 Å². The predicted molar refractivity (Wildman–Crippen MR) is 56.0 cm³/mol. The average molecular weight is 268 g/mol. The predicted octanol–water partition coefficient (Wildman–Crippen LogP) is 1.59. The summed E-state index contributed by atoms with van der Waals surface area (Å²) in [6.45, 7) is 0.743. The molecule has 0 aromatic carbocycles. The van der Waals surface area contributed by atoms with E-state index in [4.69, 9.17) is 5.11 Å². The first-order chi connectivity index (χ1) is 8.19. The molecule has 1 unspecified atom stereocenters. The second-order valence-corrected chi connectivity index (χ2v) is 4.42. The van der Waals surface area contributed by atoms with Gasteiger partial charge >= 0.3 is 18.2 Å². The summed E-state index contributed by atoms with van der Waals surface area (Å²) >= 11 is 0. The topological polar surface area (TPSA) is 69.6 Å². The lowest BCUT2D eigenvalue weighted by atomic mass is 10.2. The number of halogens is 3. The van der Waals surface area contributed by atoms with Crippen LogP contribution < -0.4 is 5.32 Å². The van der Waals surface area contributed by atoms with Crippen LogP contribution in [-0.4, -0.2) is 46.8 Å². The minimum atomic E-state index is -4.36. The fraction of sp³-hybridized carbons (Fsp3) is 0.800. The highest BCUT2D eigenvalue weighted by atomic mass is 19.4. The van der Waals surface area contributed by atoms with E-state index in [9.17, 15) is 22.8 Å². The SMILES string of the molecule is CC(CC(F)(F)F)NC(=O)N(CC(=O)O)C1CC1. The first-order valence-electron chi connectivity index (χ1n) is 5.54. The zero-order valence-corrected chi connectivity index (χ0v) is 9.83. The molecule has 18 heavy (non-hydrogen) atoms. The third-order valence-corrected chi connectivity index (χ3v) is 2.46. The van der Waals surface area contributed by atoms with E-state index in [1.54, 1.807) is 0 Å². The molecule has 1 atom stereocenters. The van der Waals surface area contributed by atoms with Crippen molar-refractivity contribution >= 4 is 12.0 Å². The van der Waals surface area contributed by atoms with E-state index in [0.717, 1.165) is 4.90 Å². The number of alkyl halides is 3. The third kappa shape index (κ3) is 5.24. The molecule has 0 radical (unpaired) electrons. The zero-order valence-electron chi connectivity index (χ0n) is 9.83. The van der Waals surface area contributed by atoms with Gasteiger partial charge in [0.05, 0.1) is 6.42 Å². The highest BCUT2D eigenvalue weighted by Gasteiger charge is 2.36. The molecule has 0 aromatic rings. The third-order valence-electron chi connectivity index (χ3n) is 2.46. The number of carboxylic acid groups (broad SMARTS) is 1. The number of carbonyl (C=O) groups is 2. The number of rotatable bonds is 5. The molecule has 0 aliphatic heterocycles. The fourth-order valence-electron chi connectivity index (χ4n) is 1.59. The molecule has 0 aromatic heterocycles. The normalized spacial score (nSPS) is 17.1. The first kappa shape index (κ1) is 14.6. The van der Waals surface area contributed by atoms with Crippen LogP contribution in [0.3, 0.4) is 0 Å². The zero-order chi connectivity index (χ0) is 13.9. The van der Waals surface area contributed by atoms with Gasteiger partial charge in [-0.05, 0) is 19.8 Å². The number of carboxylic acids is 1. The number of nitrogens with zero attached hydrogens (tertiary/aromatic N) is 1. The van der Waals surface area contributed by atoms with Crippen molar-refractivity contribution in [2.45, 2.75) is 44.4 Å². The Morgan fingerprint density at radius 3 is 2.39 bits per heavy atom. The molecule has 5 nitrogen and oxygen atoms in total. The van der Waals surface area contributed by atoms with Gasteiger partial charge in [0.2, 0.25) is 0 Å². The molecule has 0 bridgehead atoms. The van der Waals surface area contributed by atoms with Gasteiger partial charge in [-0.1, -0.05) is 0 Å². The van der Waals surface area contributed by atoms with Crippen LogP contribution in [-0.2, 0) is 4.79 Å². The van der Waals surface area contributed by atoms with Gasteiger partial charge in [-0.2, -0.15) is 13.2 Å². The van der Waals surface area contributed by atoms with Crippen LogP contribution >= 0.6 is 0 Å². The van der Waals surface area contributed by atoms with Crippen molar-refractivity contribution in [1.82, 2.24) is 10.2 Å². The molecule has 1 rings (SSSR count). The summed E-state index contributed by atoms with van der Waals surface area (Å²) in [6.07, 6.45) is -4.11. The minimum absolute atomic E-state index is 0.167. The molecular weight excluding hydrogens is 253 g/mol. The van der Waals surface area contributed by atoms with Gasteiger partial charge in [0, 0.05) is 12.1 Å². The van der Waals surface area contributed by atoms with Gasteiger partial charge in [0.25, 0.3) is 0 Å². The Kier molecular flexibility index (Phi) is 4.42. The monoisotopic (exact) mass is 268 g/mol. The lowest BCUT2D eigenvalue weighted by Crippen LogP contribution is -2.47. The minimum Gasteiger partial charge on any atom is -0.480 e. The fourth-order valence-corrected chi connectivity index (χ4v) is 1.59. The molecule has 1 saturated carbocycles. The molecular formula is C10H15F3N2O3. The molecule has 1 fully saturated rings. The van der Waals surface area contributed by atoms with E-state index >= 15 is 0 Å². The molecule has 2 amide bonds. The van der Waals surface area contributed by atoms with Gasteiger partial charge in [0.1, 0.15) is 6.54 Å². The Labute approximate surface area is 102 Å². The Morgan fingerprint density at radius 1 is 1.44 bits per heavy atom. The number of nitrogens with one attached hydrogen (secondary N) is 1. The second-order valence-electron chi connectivity index (χ2n) is 4.42. The van der Waals surface area contributed by atoms with E-state index in [1.807, 2.05) is 0 Å². The van der Waals surface area contributed by atoms with Gasteiger partial charge in [0.15, 0.2) is 0 Å². The van der Waals surface area contributed by atoms with Crippen molar-refractivity contribution < 1.29 is 27.9 Å². The van der Waals surface area contributed by atoms with Crippen LogP contribution in [0, 0.1) is 0 Å². The Balaban J connectivity index is 2.48. The highest BCUT2D eigenvalue weighted by Crippen LogP contribution is 2.27. The molecule has 0 heterocycles. The molecule has 0 saturated heterocycles. The van der Waals surface area contributed by atoms with Gasteiger partial charge < -0.3 is 15.3 Å². The van der Waals surface area contributed by atoms with Crippen LogP contribution in [0.15, 0.2) is 0 Å². The average Bonchev–Trinajstić information content (AvgIpc) is 2.92. The van der Waals surface area contributed by atoms with Gasteiger partial charge in [-0.15, -0.1) is 0 Å². The van der Waals surface area contributed by atoms with E-state index in [0.29, 0.717) is 12.8 Å². The van der Waals surface area contributed by atoms with E-state index in [2.05, 4.69) is 5.32 Å². The van der Waals surface area contributed by atoms with Crippen molar-refractivity contribution in [3.8, 4) is 0 Å². The maximum absolute atomic E-state index is 12.1. The Hall–Kier alpha value is -1.47. The van der Waals surface area contributed by atoms with E-state index in [-0.39, 0.29) is 6.04 Å². The van der Waals surface area contributed by atoms with Crippen LogP contribution in [0.5, 0.6) is 0 Å². The number of amides is 2. The largest absolute Gasteiger partial charge is 0.480 e. The number of aliphatic carboxylic acids is 1. The lowest BCUT2D eigenvalue weighted by Gasteiger charge is -2.24. The van der Waals surface area contributed by atoms with Crippen molar-refractivity contribution in [1.29, 1.82) is 0 Å². The molecule has 8 heteroatoms. The first-order valence-corrected chi connectivity index (χ1v) is 5.54. The summed E-state index contributed by atoms with van der Waals surface area (Å²) in [6, 6.07) is -2.00. The summed E-state index contributed by atoms with van der Waals surface area (Å²) in [5.74, 6) is -1.18. The molecule has 104 valence electrons. The Bertz CT molecular complexity index is 329. The molecule has 0 spiro atoms. The van der Waals surface area contributed by atoms with Gasteiger partial charge in [-0.25, -0.2) is 4.79 Å². The summed E-state index contributed by atoms with van der Waals surface area (Å²) in [7, 11) is 0. The highest BCUT2D eigenvalue weighted by molar-refractivity contribution is 5.80. The molecule has 2 N–H and O–H groups in total. The summed E-state index contributed by atoms with van der Waals surface area (Å²) in [4.78, 5) is 23.3. The number of urea groups is 1. The maximum atomic E-state index is 12.1. The van der Waals surface area contributed by atoms with Crippen LogP contribution in [0.25, 0.3) is 0 Å². The standard InChI is InChI=1S/C10H15F3N2O3/c1-6(4-10(11,12)13)14-9(18)15(5-8(16)17)7-2-3-7/h6-7H,2-5H2,1H3,(H,14,18)(H,16,17). The number of carbonyl (C=O) groups excluding carboxylic acids is 1. The van der Waals surface area contributed by atoms with Crippen molar-refractivity contribution in [3.63, 3.8) is 0 Å². The van der Waals surface area contributed by atoms with Crippen LogP contribution in [0.1, 0.15) is 26.2 Å². The smallest absolute Gasteiger partial charge is 0.391 e. The van der Waals surface area contributed by atoms with Crippen LogP contribution in [0.4, 0.5) is 18.0 Å². The molecule has 1 aliphatic carbocycles. The Morgan fingerprint density at radius 2 is 2.00 bits per heavy atom. The number of hydrogen-bond acceptors (Lipinski definition) is 2. The number of hydrogen-bond donors (Lipinski definition) is 2. The summed E-state index contributed by atoms with van der Waals surface area (Å²) in [5, 5.41) is 10.8. The summed E-state index contributed by atoms with van der Waals surface area (Å²) < 4.78 is 36.2. The van der Waals surface area contributed by atoms with Crippen molar-refractivity contribution in [2.24, 2.45) is 0 Å². The van der Waals surface area contributed by atoms with Crippen molar-refractivity contribution in [2.75, 3.05) is 6.54 Å². The van der Waals surface area contributed by atoms with Gasteiger partial charge in [-0.3, -0.25) is 4.79 Å². The summed E-state index contributed by atoms with van der Waals surface area (Å²) in [5.41, 5.74) is 0. The second kappa shape index (κ2) is 5.45. The van der Waals surface area contributed by atoms with Crippen molar-refractivity contribution in [3.05, 3.63) is 0 Å². The maximum Gasteiger partial charge on any atom is 0.391 e.